The highest BCUT2D eigenvalue weighted by Crippen LogP contribution is 2.15. The van der Waals surface area contributed by atoms with Crippen LogP contribution in [0.4, 0.5) is 11.4 Å². The molecule has 2 heterocycles. The van der Waals surface area contributed by atoms with Crippen molar-refractivity contribution in [3.63, 3.8) is 0 Å². The van der Waals surface area contributed by atoms with Crippen LogP contribution >= 0.6 is 0 Å². The van der Waals surface area contributed by atoms with Crippen molar-refractivity contribution in [3.05, 3.63) is 48.8 Å². The molecule has 2 aromatic heterocycles. The first-order valence-corrected chi connectivity index (χ1v) is 7.37. The summed E-state index contributed by atoms with van der Waals surface area (Å²) in [7, 11) is 3.93. The fourth-order valence-corrected chi connectivity index (χ4v) is 2.10. The fraction of sp³-hybridized carbons (Fsp3) is 0.188. The third-order valence-corrected chi connectivity index (χ3v) is 3.34. The first kappa shape index (κ1) is 15.6. The number of nitrogens with zero attached hydrogens (tertiary/aromatic N) is 6. The zero-order valence-electron chi connectivity index (χ0n) is 13.4. The van der Waals surface area contributed by atoms with E-state index in [1.165, 1.54) is 4.80 Å². The Balaban J connectivity index is 1.62. The van der Waals surface area contributed by atoms with Gasteiger partial charge in [-0.3, -0.25) is 9.78 Å². The quantitative estimate of drug-likeness (QED) is 0.764. The molecule has 3 aromatic rings. The van der Waals surface area contributed by atoms with E-state index in [1.54, 1.807) is 24.5 Å². The highest BCUT2D eigenvalue weighted by Gasteiger charge is 2.09. The maximum absolute atomic E-state index is 12.1. The highest BCUT2D eigenvalue weighted by atomic mass is 16.2. The van der Waals surface area contributed by atoms with E-state index in [2.05, 4.69) is 25.7 Å². The minimum atomic E-state index is -0.216. The van der Waals surface area contributed by atoms with Gasteiger partial charge in [0.2, 0.25) is 11.7 Å². The predicted octanol–water partition coefficient (Wildman–Crippen LogP) is 1.44. The van der Waals surface area contributed by atoms with E-state index in [-0.39, 0.29) is 12.5 Å². The summed E-state index contributed by atoms with van der Waals surface area (Å²) < 4.78 is 0. The molecule has 0 aliphatic heterocycles. The molecule has 0 saturated carbocycles. The topological polar surface area (TPSA) is 88.8 Å². The van der Waals surface area contributed by atoms with Gasteiger partial charge < -0.3 is 10.2 Å². The maximum atomic E-state index is 12.1. The van der Waals surface area contributed by atoms with Crippen molar-refractivity contribution in [3.8, 4) is 11.4 Å². The Labute approximate surface area is 139 Å². The van der Waals surface area contributed by atoms with Crippen LogP contribution in [-0.4, -0.2) is 45.2 Å². The number of hydrogen-bond donors (Lipinski definition) is 1. The predicted molar refractivity (Wildman–Crippen MR) is 90.4 cm³/mol. The molecule has 8 nitrogen and oxygen atoms in total. The minimum absolute atomic E-state index is 0.00643. The molecule has 1 amide bonds. The summed E-state index contributed by atoms with van der Waals surface area (Å²) in [5, 5.41) is 14.9. The van der Waals surface area contributed by atoms with Gasteiger partial charge in [-0.05, 0) is 41.6 Å². The Hall–Kier alpha value is -3.29. The fourth-order valence-electron chi connectivity index (χ4n) is 2.10. The molecule has 0 fully saturated rings. The third-order valence-electron chi connectivity index (χ3n) is 3.34. The van der Waals surface area contributed by atoms with E-state index < -0.39 is 0 Å². The summed E-state index contributed by atoms with van der Waals surface area (Å²) >= 11 is 0. The zero-order valence-corrected chi connectivity index (χ0v) is 13.4. The van der Waals surface area contributed by atoms with Crippen LogP contribution in [0.25, 0.3) is 11.4 Å². The summed E-state index contributed by atoms with van der Waals surface area (Å²) in [6, 6.07) is 11.1. The average Bonchev–Trinajstić information content (AvgIpc) is 3.04. The minimum Gasteiger partial charge on any atom is -0.378 e. The molecule has 0 aliphatic rings. The van der Waals surface area contributed by atoms with Crippen molar-refractivity contribution >= 4 is 17.3 Å². The molecule has 1 N–H and O–H groups in total. The van der Waals surface area contributed by atoms with Crippen LogP contribution in [0.3, 0.4) is 0 Å². The van der Waals surface area contributed by atoms with Crippen LogP contribution in [0, 0.1) is 0 Å². The lowest BCUT2D eigenvalue weighted by Gasteiger charge is -2.12. The van der Waals surface area contributed by atoms with Crippen LogP contribution in [0.5, 0.6) is 0 Å². The number of anilines is 2. The summed E-state index contributed by atoms with van der Waals surface area (Å²) in [5.41, 5.74) is 2.59. The molecule has 0 atom stereocenters. The van der Waals surface area contributed by atoms with Gasteiger partial charge in [0.1, 0.15) is 6.54 Å². The Kier molecular flexibility index (Phi) is 4.46. The monoisotopic (exact) mass is 323 g/mol. The molecule has 1 aromatic carbocycles. The van der Waals surface area contributed by atoms with Gasteiger partial charge in [-0.1, -0.05) is 0 Å². The Morgan fingerprint density at radius 3 is 2.50 bits per heavy atom. The van der Waals surface area contributed by atoms with Crippen molar-refractivity contribution in [1.82, 2.24) is 25.2 Å². The molecule has 0 aliphatic carbocycles. The molecule has 0 saturated heterocycles. The Bertz CT molecular complexity index is 812. The van der Waals surface area contributed by atoms with Crippen LogP contribution in [0.1, 0.15) is 0 Å². The molecule has 8 heteroatoms. The zero-order chi connectivity index (χ0) is 16.9. The number of amides is 1. The number of rotatable bonds is 5. The van der Waals surface area contributed by atoms with E-state index in [1.807, 2.05) is 43.3 Å². The van der Waals surface area contributed by atoms with E-state index in [0.717, 1.165) is 16.9 Å². The van der Waals surface area contributed by atoms with Crippen molar-refractivity contribution in [2.24, 2.45) is 0 Å². The Morgan fingerprint density at radius 2 is 1.83 bits per heavy atom. The van der Waals surface area contributed by atoms with Gasteiger partial charge in [0.25, 0.3) is 0 Å². The smallest absolute Gasteiger partial charge is 0.248 e. The van der Waals surface area contributed by atoms with Gasteiger partial charge in [-0.15, -0.1) is 10.2 Å². The first-order valence-electron chi connectivity index (χ1n) is 7.37. The van der Waals surface area contributed by atoms with Crippen molar-refractivity contribution < 1.29 is 4.79 Å². The maximum Gasteiger partial charge on any atom is 0.248 e. The summed E-state index contributed by atoms with van der Waals surface area (Å²) in [4.78, 5) is 19.3. The van der Waals surface area contributed by atoms with E-state index in [9.17, 15) is 4.79 Å². The lowest BCUT2D eigenvalue weighted by molar-refractivity contribution is -0.117. The van der Waals surface area contributed by atoms with Crippen molar-refractivity contribution in [1.29, 1.82) is 0 Å². The van der Waals surface area contributed by atoms with Crippen molar-refractivity contribution in [2.45, 2.75) is 6.54 Å². The number of carbonyl (C=O) groups is 1. The second kappa shape index (κ2) is 6.86. The standard InChI is InChI=1S/C16H17N7O/c1-22(2)14-5-3-13(4-6-14)18-15(24)11-23-20-16(19-21-23)12-7-9-17-10-8-12/h3-10H,11H2,1-2H3,(H,18,24). The van der Waals surface area contributed by atoms with Crippen molar-refractivity contribution in [2.75, 3.05) is 24.3 Å². The Morgan fingerprint density at radius 1 is 1.12 bits per heavy atom. The molecule has 122 valence electrons. The second-order valence-electron chi connectivity index (χ2n) is 5.37. The number of hydrogen-bond acceptors (Lipinski definition) is 6. The lowest BCUT2D eigenvalue weighted by Crippen LogP contribution is -2.20. The van der Waals surface area contributed by atoms with E-state index >= 15 is 0 Å². The molecule has 0 bridgehead atoms. The number of benzene rings is 1. The number of pyridine rings is 1. The molecule has 0 spiro atoms. The average molecular weight is 323 g/mol. The summed E-state index contributed by atoms with van der Waals surface area (Å²) in [6.07, 6.45) is 3.31. The van der Waals surface area contributed by atoms with Crippen LogP contribution in [-0.2, 0) is 11.3 Å². The number of nitrogens with one attached hydrogen (secondary N) is 1. The van der Waals surface area contributed by atoms with E-state index in [0.29, 0.717) is 5.82 Å². The molecular weight excluding hydrogens is 306 g/mol. The molecule has 24 heavy (non-hydrogen) atoms. The van der Waals surface area contributed by atoms with Crippen LogP contribution < -0.4 is 10.2 Å². The molecular formula is C16H17N7O. The van der Waals surface area contributed by atoms with E-state index in [4.69, 9.17) is 0 Å². The number of aromatic nitrogens is 5. The van der Waals surface area contributed by atoms with Gasteiger partial charge in [0.15, 0.2) is 0 Å². The van der Waals surface area contributed by atoms with Gasteiger partial charge in [0.05, 0.1) is 0 Å². The van der Waals surface area contributed by atoms with Crippen LogP contribution in [0.2, 0.25) is 0 Å². The molecule has 3 rings (SSSR count). The van der Waals surface area contributed by atoms with Gasteiger partial charge >= 0.3 is 0 Å². The first-order chi connectivity index (χ1) is 11.6. The lowest BCUT2D eigenvalue weighted by atomic mass is 10.2. The normalized spacial score (nSPS) is 10.4. The van der Waals surface area contributed by atoms with Gasteiger partial charge in [0, 0.05) is 43.4 Å². The highest BCUT2D eigenvalue weighted by molar-refractivity contribution is 5.90. The summed E-state index contributed by atoms with van der Waals surface area (Å²) in [6.45, 7) is -0.00643. The SMILES string of the molecule is CN(C)c1ccc(NC(=O)Cn2nnc(-c3ccncc3)n2)cc1. The number of carbonyl (C=O) groups excluding carboxylic acids is 1. The number of tetrazole rings is 1. The second-order valence-corrected chi connectivity index (χ2v) is 5.37. The molecule has 0 unspecified atom stereocenters. The third kappa shape index (κ3) is 3.72. The summed E-state index contributed by atoms with van der Waals surface area (Å²) in [5.74, 6) is 0.242. The largest absolute Gasteiger partial charge is 0.378 e. The molecule has 0 radical (unpaired) electrons. The van der Waals surface area contributed by atoms with Gasteiger partial charge in [-0.2, -0.15) is 4.80 Å². The van der Waals surface area contributed by atoms with Crippen LogP contribution in [0.15, 0.2) is 48.8 Å². The van der Waals surface area contributed by atoms with Gasteiger partial charge in [-0.25, -0.2) is 0 Å².